The number of hydrogen-bond acceptors (Lipinski definition) is 11. The Morgan fingerprint density at radius 3 is 2.21 bits per heavy atom. The molecule has 2 amide bonds. The molecule has 0 saturated heterocycles. The van der Waals surface area contributed by atoms with Crippen LogP contribution in [-0.2, 0) is 25.6 Å². The van der Waals surface area contributed by atoms with Crippen LogP contribution in [0, 0.1) is 11.8 Å². The summed E-state index contributed by atoms with van der Waals surface area (Å²) in [5, 5.41) is 48.5. The summed E-state index contributed by atoms with van der Waals surface area (Å²) in [5.41, 5.74) is 2.67. The van der Waals surface area contributed by atoms with E-state index in [1.165, 1.54) is 4.90 Å². The number of phenols is 1. The molecule has 0 radical (unpaired) electrons. The van der Waals surface area contributed by atoms with Gasteiger partial charge in [0.2, 0.25) is 11.7 Å². The van der Waals surface area contributed by atoms with Gasteiger partial charge in [0.15, 0.2) is 11.4 Å². The smallest absolute Gasteiger partial charge is 0.255 e. The molecule has 43 heavy (non-hydrogen) atoms. The molecule has 0 bridgehead atoms. The van der Waals surface area contributed by atoms with Gasteiger partial charge in [-0.15, -0.1) is 12.4 Å². The van der Waals surface area contributed by atoms with Crippen LogP contribution >= 0.6 is 12.4 Å². The average Bonchev–Trinajstić information content (AvgIpc) is 2.88. The van der Waals surface area contributed by atoms with Crippen molar-refractivity contribution in [3.63, 3.8) is 0 Å². The minimum absolute atomic E-state index is 0. The number of benzene rings is 1. The van der Waals surface area contributed by atoms with Crippen molar-refractivity contribution >= 4 is 52.9 Å². The fraction of sp³-hybridized carbons (Fsp3) is 0.517. The number of aliphatic hydroxyl groups excluding tert-OH is 2. The van der Waals surface area contributed by atoms with Crippen LogP contribution in [0.25, 0.3) is 5.76 Å². The van der Waals surface area contributed by atoms with Gasteiger partial charge in [0.1, 0.15) is 22.8 Å². The van der Waals surface area contributed by atoms with E-state index >= 15 is 0 Å². The number of hydrogen-bond donors (Lipinski definition) is 6. The largest absolute Gasteiger partial charge is 0.508 e. The topological polar surface area (TPSA) is 197 Å². The number of likely N-dealkylation sites (N-methyl/N-ethyl adjacent to an activating group) is 2. The predicted octanol–water partition coefficient (Wildman–Crippen LogP) is 0.732. The first-order valence-corrected chi connectivity index (χ1v) is 13.8. The zero-order chi connectivity index (χ0) is 31.4. The van der Waals surface area contributed by atoms with Crippen LogP contribution in [-0.4, -0.2) is 113 Å². The van der Waals surface area contributed by atoms with Crippen LogP contribution in [0.2, 0.25) is 0 Å². The molecule has 4 atom stereocenters. The number of ketones is 2. The number of anilines is 2. The number of primary amides is 1. The Labute approximate surface area is 256 Å². The molecule has 14 heteroatoms. The number of amides is 2. The molecule has 0 aliphatic heterocycles. The molecule has 0 aromatic heterocycles. The van der Waals surface area contributed by atoms with Crippen molar-refractivity contribution in [1.82, 2.24) is 9.80 Å². The van der Waals surface area contributed by atoms with Gasteiger partial charge in [0.25, 0.3) is 5.91 Å². The van der Waals surface area contributed by atoms with Crippen LogP contribution in [0.1, 0.15) is 31.4 Å². The first-order chi connectivity index (χ1) is 19.6. The summed E-state index contributed by atoms with van der Waals surface area (Å²) in [5.74, 6) is -7.67. The van der Waals surface area contributed by atoms with E-state index in [0.29, 0.717) is 24.3 Å². The highest BCUT2D eigenvalue weighted by Gasteiger charge is 2.64. The van der Waals surface area contributed by atoms with Gasteiger partial charge in [0.05, 0.1) is 23.8 Å². The fourth-order valence-electron chi connectivity index (χ4n) is 6.71. The predicted molar refractivity (Wildman–Crippen MR) is 162 cm³/mol. The molecule has 0 spiro atoms. The summed E-state index contributed by atoms with van der Waals surface area (Å²) in [7, 11) is 6.53. The molecule has 3 aliphatic rings. The van der Waals surface area contributed by atoms with E-state index in [-0.39, 0.29) is 48.6 Å². The number of nitrogens with one attached hydrogen (secondary N) is 1. The van der Waals surface area contributed by atoms with E-state index in [9.17, 15) is 39.6 Å². The second-order valence-corrected chi connectivity index (χ2v) is 11.6. The molecule has 236 valence electrons. The zero-order valence-electron chi connectivity index (χ0n) is 25.1. The van der Waals surface area contributed by atoms with E-state index in [2.05, 4.69) is 5.32 Å². The number of halogens is 1. The number of phenolic OH excluding ortho intramolecular Hbond substituents is 1. The maximum absolute atomic E-state index is 14.1. The molecule has 1 aromatic carbocycles. The number of carbonyl (C=O) groups is 4. The van der Waals surface area contributed by atoms with Crippen molar-refractivity contribution in [2.45, 2.75) is 38.3 Å². The number of fused-ring (bicyclic) bond motifs is 3. The molecule has 1 fully saturated rings. The number of aliphatic hydroxyl groups is 3. The van der Waals surface area contributed by atoms with Crippen LogP contribution < -0.4 is 16.0 Å². The lowest BCUT2D eigenvalue weighted by Gasteiger charge is -2.50. The third-order valence-corrected chi connectivity index (χ3v) is 8.54. The monoisotopic (exact) mass is 621 g/mol. The highest BCUT2D eigenvalue weighted by Crippen LogP contribution is 2.54. The van der Waals surface area contributed by atoms with Gasteiger partial charge in [0, 0.05) is 30.3 Å². The van der Waals surface area contributed by atoms with E-state index in [0.717, 1.165) is 0 Å². The van der Waals surface area contributed by atoms with E-state index in [1.807, 2.05) is 18.7 Å². The van der Waals surface area contributed by atoms with Gasteiger partial charge < -0.3 is 41.3 Å². The Morgan fingerprint density at radius 2 is 1.70 bits per heavy atom. The first-order valence-electron chi connectivity index (χ1n) is 13.8. The van der Waals surface area contributed by atoms with Gasteiger partial charge in [-0.25, -0.2) is 0 Å². The molecule has 7 N–H and O–H groups in total. The Balaban J connectivity index is 0.00000506. The lowest BCUT2D eigenvalue weighted by atomic mass is 9.57. The van der Waals surface area contributed by atoms with Crippen molar-refractivity contribution in [2.24, 2.45) is 17.6 Å². The summed E-state index contributed by atoms with van der Waals surface area (Å²) in [6, 6.07) is 0.474. The normalized spacial score (nSPS) is 24.8. The minimum Gasteiger partial charge on any atom is -0.508 e. The van der Waals surface area contributed by atoms with Crippen LogP contribution in [0.4, 0.5) is 11.4 Å². The number of aromatic hydroxyl groups is 1. The molecular formula is C29H40ClN5O8. The molecule has 1 saturated carbocycles. The summed E-state index contributed by atoms with van der Waals surface area (Å²) in [6.45, 7) is 5.02. The van der Waals surface area contributed by atoms with Crippen LogP contribution in [0.5, 0.6) is 5.75 Å². The molecule has 13 nitrogen and oxygen atoms in total. The first kappa shape index (κ1) is 33.8. The Morgan fingerprint density at radius 1 is 1.09 bits per heavy atom. The van der Waals surface area contributed by atoms with Crippen LogP contribution in [0.15, 0.2) is 23.0 Å². The van der Waals surface area contributed by atoms with Gasteiger partial charge in [-0.05, 0) is 72.4 Å². The van der Waals surface area contributed by atoms with Crippen LogP contribution in [0.3, 0.4) is 0 Å². The third kappa shape index (κ3) is 5.24. The van der Waals surface area contributed by atoms with Gasteiger partial charge >= 0.3 is 0 Å². The standard InChI is InChI=1S/C29H39N5O8.ClH/c1-7-34(8-2)17-11-16(31-18(35)12-32(3)4)23(36)20-14(17)9-13-10-15-22(33(5)6)25(38)21(28(30)41)27(40)29(15,42)26(39)19(13)24(20)37;/h11,13,15,22,36-37,40,42H,7-10,12H2,1-6H3,(H2,30,41)(H,31,35);1H/t13?,15?,22-,29-;/m0./s1. The van der Waals surface area contributed by atoms with Gasteiger partial charge in [-0.1, -0.05) is 0 Å². The molecule has 1 aromatic rings. The Hall–Kier alpha value is -3.65. The number of carbonyl (C=O) groups excluding carboxylic acids is 4. The highest BCUT2D eigenvalue weighted by molar-refractivity contribution is 6.24. The Kier molecular flexibility index (Phi) is 9.57. The van der Waals surface area contributed by atoms with E-state index in [4.69, 9.17) is 5.73 Å². The zero-order valence-corrected chi connectivity index (χ0v) is 25.9. The summed E-state index contributed by atoms with van der Waals surface area (Å²) in [6.07, 6.45) is 0.144. The molecule has 0 heterocycles. The number of rotatable bonds is 8. The van der Waals surface area contributed by atoms with Gasteiger partial charge in [-0.3, -0.25) is 24.1 Å². The SMILES string of the molecule is CCN(CC)c1cc(NC(=O)CN(C)C)c(O)c2c1CC1CC3[C@H](N(C)C)C(=O)C(C(N)=O)=C(O)[C@@]3(O)C(=O)C1=C2O.Cl. The maximum Gasteiger partial charge on any atom is 0.255 e. The van der Waals surface area contributed by atoms with Crippen molar-refractivity contribution in [2.75, 3.05) is 58.0 Å². The molecule has 3 aliphatic carbocycles. The number of nitrogens with two attached hydrogens (primary N) is 1. The van der Waals surface area contributed by atoms with Crippen molar-refractivity contribution in [1.29, 1.82) is 0 Å². The van der Waals surface area contributed by atoms with Crippen molar-refractivity contribution < 1.29 is 39.6 Å². The Bertz CT molecular complexity index is 1430. The molecule has 4 rings (SSSR count). The summed E-state index contributed by atoms with van der Waals surface area (Å²) < 4.78 is 0. The van der Waals surface area contributed by atoms with Crippen molar-refractivity contribution in [3.8, 4) is 5.75 Å². The average molecular weight is 622 g/mol. The van der Waals surface area contributed by atoms with E-state index < -0.39 is 69.7 Å². The molecular weight excluding hydrogens is 582 g/mol. The molecule has 2 unspecified atom stereocenters. The summed E-state index contributed by atoms with van der Waals surface area (Å²) in [4.78, 5) is 57.3. The fourth-order valence-corrected chi connectivity index (χ4v) is 6.71. The van der Waals surface area contributed by atoms with E-state index in [1.54, 1.807) is 39.2 Å². The van der Waals surface area contributed by atoms with Gasteiger partial charge in [-0.2, -0.15) is 0 Å². The highest BCUT2D eigenvalue weighted by atomic mass is 35.5. The quantitative estimate of drug-likeness (QED) is 0.177. The lowest BCUT2D eigenvalue weighted by Crippen LogP contribution is -2.65. The number of nitrogens with zero attached hydrogens (tertiary/aromatic N) is 3. The second kappa shape index (κ2) is 12.2. The van der Waals surface area contributed by atoms with Crippen molar-refractivity contribution in [3.05, 3.63) is 34.1 Å². The second-order valence-electron chi connectivity index (χ2n) is 11.6. The minimum atomic E-state index is -2.72. The summed E-state index contributed by atoms with van der Waals surface area (Å²) >= 11 is 0. The lowest BCUT2D eigenvalue weighted by molar-refractivity contribution is -0.153. The maximum atomic E-state index is 14.1. The third-order valence-electron chi connectivity index (χ3n) is 8.54. The number of Topliss-reactive ketones (excluding diaryl/α,β-unsaturated/α-hetero) is 2.